The Bertz CT molecular complexity index is 1780. The van der Waals surface area contributed by atoms with E-state index in [0.717, 1.165) is 29.8 Å². The van der Waals surface area contributed by atoms with Crippen molar-refractivity contribution in [2.75, 3.05) is 109 Å². The molecule has 1 aromatic carbocycles. The van der Waals surface area contributed by atoms with Crippen molar-refractivity contribution >= 4 is 68.9 Å². The average Bonchev–Trinajstić information content (AvgIpc) is 3.49. The Hall–Kier alpha value is -4.11. The maximum absolute atomic E-state index is 13.7. The number of ketones is 1. The molecule has 2 heterocycles. The van der Waals surface area contributed by atoms with Crippen molar-refractivity contribution in [1.82, 2.24) is 40.4 Å². The van der Waals surface area contributed by atoms with Crippen LogP contribution < -0.4 is 21.3 Å². The fraction of sp³-hybridized carbons (Fsp3) is 0.651. The second kappa shape index (κ2) is 28.8. The minimum absolute atomic E-state index is 0.0361. The third-order valence-corrected chi connectivity index (χ3v) is 12.7. The van der Waals surface area contributed by atoms with Crippen molar-refractivity contribution in [2.24, 2.45) is 17.8 Å². The predicted molar refractivity (Wildman–Crippen MR) is 241 cm³/mol. The molecule has 0 spiro atoms. The van der Waals surface area contributed by atoms with E-state index in [0.29, 0.717) is 83.2 Å². The Morgan fingerprint density at radius 3 is 1.83 bits per heavy atom. The number of carbonyl (C=O) groups is 8. The third-order valence-electron chi connectivity index (χ3n) is 11.6. The summed E-state index contributed by atoms with van der Waals surface area (Å²) in [6, 6.07) is 5.40. The number of imide groups is 1. The van der Waals surface area contributed by atoms with Gasteiger partial charge < -0.3 is 16.0 Å². The first kappa shape index (κ1) is 55.2. The van der Waals surface area contributed by atoms with Crippen LogP contribution in [0.3, 0.4) is 0 Å². The summed E-state index contributed by atoms with van der Waals surface area (Å²) in [4.78, 5) is 110. The van der Waals surface area contributed by atoms with E-state index in [2.05, 4.69) is 21.3 Å². The first-order valence-electron chi connectivity index (χ1n) is 22.0. The number of carboxylic acids is 2. The Labute approximate surface area is 396 Å². The number of nitrogens with one attached hydrogen (secondary N) is 4. The first-order chi connectivity index (χ1) is 30.9. The van der Waals surface area contributed by atoms with E-state index in [9.17, 15) is 53.7 Å². The van der Waals surface area contributed by atoms with Gasteiger partial charge in [0.15, 0.2) is 5.78 Å². The van der Waals surface area contributed by atoms with Crippen molar-refractivity contribution < 1.29 is 73.0 Å². The summed E-state index contributed by atoms with van der Waals surface area (Å²) in [5.74, 6) is -4.03. The molecule has 2 aliphatic rings. The Kier molecular flexibility index (Phi) is 24.5. The molecule has 0 saturated carbocycles. The van der Waals surface area contributed by atoms with Gasteiger partial charge in [0.25, 0.3) is 0 Å². The van der Waals surface area contributed by atoms with E-state index in [-0.39, 0.29) is 97.4 Å². The van der Waals surface area contributed by atoms with Gasteiger partial charge in [-0.1, -0.05) is 27.2 Å². The normalized spacial score (nSPS) is 18.7. The van der Waals surface area contributed by atoms with Gasteiger partial charge in [0.2, 0.25) is 17.7 Å². The van der Waals surface area contributed by atoms with Crippen LogP contribution in [0.4, 0.5) is 10.5 Å². The number of anilines is 1. The summed E-state index contributed by atoms with van der Waals surface area (Å²) < 4.78 is 0.289. The molecule has 0 aliphatic carbocycles. The van der Waals surface area contributed by atoms with Gasteiger partial charge in [-0.15, -0.1) is 0 Å². The molecule has 0 bridgehead atoms. The van der Waals surface area contributed by atoms with Crippen LogP contribution in [-0.2, 0) is 59.5 Å². The Morgan fingerprint density at radius 1 is 0.815 bits per heavy atom. The number of aliphatic carboxylic acids is 2. The fourth-order valence-electron chi connectivity index (χ4n) is 7.53. The number of rotatable bonds is 24. The summed E-state index contributed by atoms with van der Waals surface area (Å²) >= 11 is 2.45. The molecule has 65 heavy (non-hydrogen) atoms. The van der Waals surface area contributed by atoms with Crippen LogP contribution in [0, 0.1) is 17.8 Å². The van der Waals surface area contributed by atoms with Crippen LogP contribution in [0.25, 0.3) is 0 Å². The molecule has 7 N–H and O–H groups in total. The zero-order chi connectivity index (χ0) is 48.1. The van der Waals surface area contributed by atoms with Crippen LogP contribution in [-0.4, -0.2) is 201 Å². The number of benzene rings is 1. The van der Waals surface area contributed by atoms with Crippen molar-refractivity contribution in [2.45, 2.75) is 59.0 Å². The molecule has 20 nitrogen and oxygen atoms in total. The average molecular weight is 1100 g/mol. The maximum atomic E-state index is 13.7. The monoisotopic (exact) mass is 1100 g/mol. The van der Waals surface area contributed by atoms with Crippen molar-refractivity contribution in [3.8, 4) is 0 Å². The topological polar surface area (TPSA) is 262 Å². The molecular weight excluding hydrogens is 1030 g/mol. The molecule has 2 saturated heterocycles. The number of urea groups is 1. The van der Waals surface area contributed by atoms with Crippen LogP contribution in [0.15, 0.2) is 24.3 Å². The zero-order valence-corrected chi connectivity index (χ0v) is 41.7. The van der Waals surface area contributed by atoms with E-state index in [1.54, 1.807) is 41.0 Å². The SMILES string of the molecule is CC[C@H](C)[C@H](CC(=O)[C@H](CCSC)NC(=O)Nc1ccc(CNC(=O)CN2CCN(CC(=O)O)CCN(CC(=O)O)CCN(C[C](O)=[W])CC2)cc1)C(=O)NCCN1C(=O)CC(C)C1=O. The summed E-state index contributed by atoms with van der Waals surface area (Å²) in [6.45, 7) is 8.99. The predicted octanol–water partition coefficient (Wildman–Crippen LogP) is 0.119. The number of likely N-dealkylation sites (tertiary alicyclic amines) is 1. The smallest absolute Gasteiger partial charge is 0.354 e. The molecule has 2 aliphatic heterocycles. The number of carboxylic acid groups (broad SMARTS) is 2. The van der Waals surface area contributed by atoms with E-state index >= 15 is 0 Å². The molecule has 362 valence electrons. The number of thioether (sulfide) groups is 1. The number of nitrogens with zero attached hydrogens (tertiary/aromatic N) is 5. The van der Waals surface area contributed by atoms with Crippen LogP contribution in [0.5, 0.6) is 0 Å². The second-order valence-corrected chi connectivity index (χ2v) is 19.3. The van der Waals surface area contributed by atoms with Gasteiger partial charge in [0.05, 0.1) is 6.04 Å². The van der Waals surface area contributed by atoms with Crippen LogP contribution in [0.1, 0.15) is 52.0 Å². The van der Waals surface area contributed by atoms with Crippen molar-refractivity contribution in [3.63, 3.8) is 0 Å². The van der Waals surface area contributed by atoms with E-state index in [1.165, 1.54) is 11.8 Å². The third kappa shape index (κ3) is 20.5. The number of amides is 6. The molecule has 6 amide bonds. The Morgan fingerprint density at radius 2 is 1.35 bits per heavy atom. The van der Waals surface area contributed by atoms with Gasteiger partial charge in [0.1, 0.15) is 0 Å². The van der Waals surface area contributed by atoms with Gasteiger partial charge in [-0.05, 0) is 36.5 Å². The van der Waals surface area contributed by atoms with Gasteiger partial charge in [-0.25, -0.2) is 4.79 Å². The summed E-state index contributed by atoms with van der Waals surface area (Å²) in [5, 5.41) is 40.3. The molecule has 22 heteroatoms. The van der Waals surface area contributed by atoms with Gasteiger partial charge in [-0.2, -0.15) is 11.8 Å². The summed E-state index contributed by atoms with van der Waals surface area (Å²) in [6.07, 6.45) is 2.92. The van der Waals surface area contributed by atoms with Gasteiger partial charge in [-0.3, -0.25) is 24.1 Å². The van der Waals surface area contributed by atoms with Gasteiger partial charge in [0, 0.05) is 43.5 Å². The number of aliphatic hydroxyl groups is 1. The molecule has 0 radical (unpaired) electrons. The van der Waals surface area contributed by atoms with E-state index in [4.69, 9.17) is 0 Å². The second-order valence-electron chi connectivity index (χ2n) is 16.6. The number of aliphatic hydroxyl groups excluding tert-OH is 1. The zero-order valence-electron chi connectivity index (χ0n) is 37.9. The summed E-state index contributed by atoms with van der Waals surface area (Å²) in [5.41, 5.74) is 1.21. The standard InChI is InChI=1S/C43H67N9O11S.W/c1-5-30(2)34(41(61)44-11-12-52-38(56)24-31(3)42(52)62)25-36(54)35(10-23-64-4)47-43(63)46-33-8-6-32(7-9-33)26-45-37(55)27-49-15-13-48(21-22-53)14-16-50(28-39(57)58)19-20-51(18-17-49)29-40(59)60;/h6-9,30-31,34-35,53H,5,10-21,23-29H2,1-4H3,(H,44,61)(H,45,55)(H,57,58)(H,59,60)(H2,46,47,63);/t30-,31?,34-,35-;/m0./s1. The number of hydrogen-bond acceptors (Lipinski definition) is 14. The first-order valence-corrected chi connectivity index (χ1v) is 24.9. The molecule has 1 unspecified atom stereocenters. The minimum Gasteiger partial charge on any atom is -0.354 e. The van der Waals surface area contributed by atoms with E-state index < -0.39 is 29.9 Å². The molecule has 2 fully saturated rings. The number of hydrogen-bond donors (Lipinski definition) is 7. The summed E-state index contributed by atoms with van der Waals surface area (Å²) in [7, 11) is 0. The molecular formula is C43H67N9O11SW. The van der Waals surface area contributed by atoms with Crippen molar-refractivity contribution in [1.29, 1.82) is 0 Å². The molecule has 4 atom stereocenters. The Balaban J connectivity index is 1.56. The minimum atomic E-state index is -1.01. The van der Waals surface area contributed by atoms with Crippen LogP contribution >= 0.6 is 11.8 Å². The van der Waals surface area contributed by atoms with Gasteiger partial charge >= 0.3 is 205 Å². The molecule has 3 rings (SSSR count). The fourth-order valence-corrected chi connectivity index (χ4v) is 8.65. The molecule has 1 aromatic rings. The quantitative estimate of drug-likeness (QED) is 0.0679. The number of carbonyl (C=O) groups excluding carboxylic acids is 6. The number of Topliss-reactive ketones (excluding diaryl/α,β-unsaturated/α-hetero) is 1. The van der Waals surface area contributed by atoms with Crippen LogP contribution in [0.2, 0.25) is 0 Å². The van der Waals surface area contributed by atoms with Crippen molar-refractivity contribution in [3.05, 3.63) is 29.8 Å². The molecule has 0 aromatic heterocycles. The van der Waals surface area contributed by atoms with E-state index in [1.807, 2.05) is 29.9 Å².